The highest BCUT2D eigenvalue weighted by Crippen LogP contribution is 2.46. The van der Waals surface area contributed by atoms with Crippen molar-refractivity contribution in [2.75, 3.05) is 29.5 Å². The van der Waals surface area contributed by atoms with E-state index in [0.29, 0.717) is 82.1 Å². The van der Waals surface area contributed by atoms with Crippen LogP contribution in [-0.2, 0) is 0 Å². The summed E-state index contributed by atoms with van der Waals surface area (Å²) >= 11 is 0. The van der Waals surface area contributed by atoms with E-state index in [-0.39, 0.29) is 58.8 Å². The number of anilines is 4. The number of allylic oxidation sites excluding steroid dienone is 1. The maximum atomic E-state index is 11.7. The molecule has 0 saturated heterocycles. The number of hydrogen-bond donors (Lipinski definition) is 11. The molecule has 0 radical (unpaired) electrons. The first-order chi connectivity index (χ1) is 38.0. The van der Waals surface area contributed by atoms with Gasteiger partial charge in [-0.2, -0.15) is 15.0 Å². The third-order valence-corrected chi connectivity index (χ3v) is 16.2. The third kappa shape index (κ3) is 12.1. The number of aliphatic hydroxyl groups is 5. The van der Waals surface area contributed by atoms with Crippen LogP contribution in [0.4, 0.5) is 23.7 Å². The zero-order chi connectivity index (χ0) is 58.2. The lowest BCUT2D eigenvalue weighted by Crippen LogP contribution is -3.00. The Morgan fingerprint density at radius 3 is 1.73 bits per heavy atom. The SMILES string of the molecule is C=C1[C@H](CC)[C@@H](C)C[C@@H]1n1cnc2c(C)nc(N)cc21.C=C1[C@H](CO)[C@@H](O)C[C@@H]1n1cnc2c(C)nc(N)nc21.C=C1[C@H](O)C[C@H](C)[C@H]1CC.C=C1[C@H](O)[C@@H](O)C[C@@H]1n1cnc2c(=O)[nH]c(N)nc21.Cc1nc(N)nc2nc[nH]c12.[F-]. The molecular weight excluding hydrogens is 1040 g/mol. The second-order valence-electron chi connectivity index (χ2n) is 21.3. The van der Waals surface area contributed by atoms with Gasteiger partial charge in [-0.25, -0.2) is 34.9 Å². The number of imidazole rings is 4. The summed E-state index contributed by atoms with van der Waals surface area (Å²) in [4.78, 5) is 58.3. The summed E-state index contributed by atoms with van der Waals surface area (Å²) in [5.74, 6) is 3.18. The molecule has 8 aromatic rings. The van der Waals surface area contributed by atoms with Gasteiger partial charge in [-0.3, -0.25) is 9.78 Å². The molecule has 25 nitrogen and oxygen atoms in total. The van der Waals surface area contributed by atoms with E-state index in [0.717, 1.165) is 64.8 Å². The molecule has 4 saturated carbocycles. The maximum Gasteiger partial charge on any atom is 0.280 e. The van der Waals surface area contributed by atoms with E-state index in [1.165, 1.54) is 11.9 Å². The minimum absolute atomic E-state index is 0. The molecule has 81 heavy (non-hydrogen) atoms. The number of hydrogen-bond acceptors (Lipinski definition) is 20. The van der Waals surface area contributed by atoms with E-state index >= 15 is 0 Å². The van der Waals surface area contributed by atoms with Gasteiger partial charge < -0.3 is 71.9 Å². The standard InChI is InChI=1S/C16H22N4.C13H17N5O2.C11H13N5O3.C9H16O.C6H7N5.FH/c1-5-12-9(2)6-13(10(12)3)20-8-18-16-11(4)19-15(17)7-14(16)20;1-6-8(4-19)10(20)3-9(6)18-5-15-11-7(2)16-13(14)17-12(11)18;1-4-5(2-6(17)8(4)18)16-3-13-7-9(16)14-11(12)15-10(7)19;1-4-8-6(2)5-9(10)7(8)3;1-3-4-5(9-2-8-4)11-6(7)10-3;/h7-9,12-13H,3,5-6H2,1-2,4H3,(H2,17,19);5,8-10,19-20H,1,3-4H2,2H3,(H2,14,16,17);3,5-6,8,17-18H,1-2H2,(H3,12,14,15,19);6,8-10H,3-5H2,1-2H3;2H,1H3,(H3,7,8,9,10,11);1H/p-1/t9-,12+,13-;8-,9-,10-;5-,6-,8-;6-,8+,9+;;/m0000../s1. The number of aromatic nitrogens is 15. The van der Waals surface area contributed by atoms with Crippen LogP contribution in [0.5, 0.6) is 0 Å². The number of halogens is 1. The molecule has 0 aromatic carbocycles. The highest BCUT2D eigenvalue weighted by Gasteiger charge is 2.40. The fraction of sp³-hybridized carbons (Fsp3) is 0.473. The van der Waals surface area contributed by atoms with Gasteiger partial charge in [0.2, 0.25) is 17.8 Å². The second kappa shape index (κ2) is 24.8. The molecule has 26 heteroatoms. The number of rotatable bonds is 6. The summed E-state index contributed by atoms with van der Waals surface area (Å²) in [7, 11) is 0. The zero-order valence-corrected chi connectivity index (χ0v) is 46.7. The van der Waals surface area contributed by atoms with Gasteiger partial charge >= 0.3 is 0 Å². The number of H-pyrrole nitrogens is 2. The molecule has 8 heterocycles. The van der Waals surface area contributed by atoms with E-state index in [1.807, 2.05) is 37.7 Å². The number of nitrogens with zero attached hydrogens (tertiary/aromatic N) is 13. The van der Waals surface area contributed by atoms with Crippen LogP contribution in [0, 0.1) is 50.4 Å². The van der Waals surface area contributed by atoms with Gasteiger partial charge in [0.1, 0.15) is 28.5 Å². The molecule has 0 unspecified atom stereocenters. The van der Waals surface area contributed by atoms with Gasteiger partial charge in [0.15, 0.2) is 22.5 Å². The summed E-state index contributed by atoms with van der Waals surface area (Å²) in [5.41, 5.74) is 33.4. The number of fused-ring (bicyclic) bond motifs is 4. The van der Waals surface area contributed by atoms with E-state index in [1.54, 1.807) is 17.2 Å². The second-order valence-corrected chi connectivity index (χ2v) is 21.3. The summed E-state index contributed by atoms with van der Waals surface area (Å²) < 4.78 is 5.68. The number of nitrogen functional groups attached to an aromatic ring is 4. The van der Waals surface area contributed by atoms with Crippen LogP contribution < -0.4 is 33.2 Å². The lowest BCUT2D eigenvalue weighted by Gasteiger charge is -2.17. The van der Waals surface area contributed by atoms with Crippen LogP contribution in [0.1, 0.15) is 101 Å². The van der Waals surface area contributed by atoms with E-state index in [2.05, 4.69) is 118 Å². The molecule has 0 aliphatic heterocycles. The molecule has 0 spiro atoms. The topological polar surface area (TPSA) is 398 Å². The van der Waals surface area contributed by atoms with Gasteiger partial charge in [0, 0.05) is 18.4 Å². The molecule has 8 aromatic heterocycles. The first-order valence-corrected chi connectivity index (χ1v) is 26.8. The van der Waals surface area contributed by atoms with Crippen LogP contribution in [-0.4, -0.2) is 130 Å². The minimum atomic E-state index is -0.984. The number of aryl methyl sites for hydroxylation is 3. The highest BCUT2D eigenvalue weighted by atomic mass is 19.0. The predicted molar refractivity (Wildman–Crippen MR) is 307 cm³/mol. The van der Waals surface area contributed by atoms with Gasteiger partial charge in [0.25, 0.3) is 5.56 Å². The van der Waals surface area contributed by atoms with Crippen molar-refractivity contribution in [1.82, 2.24) is 73.5 Å². The van der Waals surface area contributed by atoms with E-state index in [9.17, 15) is 30.3 Å². The first-order valence-electron chi connectivity index (χ1n) is 26.8. The van der Waals surface area contributed by atoms with Gasteiger partial charge in [-0.1, -0.05) is 59.6 Å². The van der Waals surface area contributed by atoms with Crippen molar-refractivity contribution >= 4 is 68.2 Å². The van der Waals surface area contributed by atoms with Crippen molar-refractivity contribution in [1.29, 1.82) is 0 Å². The maximum absolute atomic E-state index is 11.7. The Bertz CT molecular complexity index is 3540. The van der Waals surface area contributed by atoms with Crippen molar-refractivity contribution in [2.45, 2.75) is 130 Å². The zero-order valence-electron chi connectivity index (χ0n) is 46.7. The first kappa shape index (κ1) is 60.6. The predicted octanol–water partition coefficient (Wildman–Crippen LogP) is 1.81. The Kier molecular flexibility index (Phi) is 18.5. The normalized spacial score (nSPS) is 26.0. The fourth-order valence-corrected chi connectivity index (χ4v) is 11.9. The number of pyridine rings is 1. The van der Waals surface area contributed by atoms with E-state index < -0.39 is 23.9 Å². The smallest absolute Gasteiger partial charge is 0.280 e. The lowest BCUT2D eigenvalue weighted by atomic mass is 9.93. The Labute approximate surface area is 466 Å². The van der Waals surface area contributed by atoms with Crippen molar-refractivity contribution < 1.29 is 30.2 Å². The minimum Gasteiger partial charge on any atom is -1.00 e. The van der Waals surface area contributed by atoms with Gasteiger partial charge in [-0.15, -0.1) is 0 Å². The quantitative estimate of drug-likeness (QED) is 0.106. The van der Waals surface area contributed by atoms with Crippen molar-refractivity contribution in [3.05, 3.63) is 107 Å². The molecule has 0 amide bonds. The fourth-order valence-electron chi connectivity index (χ4n) is 11.9. The summed E-state index contributed by atoms with van der Waals surface area (Å²) in [6.45, 7) is 30.5. The summed E-state index contributed by atoms with van der Waals surface area (Å²) in [6, 6.07) is 1.76. The van der Waals surface area contributed by atoms with Crippen LogP contribution in [0.15, 0.2) is 84.8 Å². The molecule has 4 aliphatic carbocycles. The number of nitrogens with two attached hydrogens (primary N) is 4. The Morgan fingerprint density at radius 1 is 0.617 bits per heavy atom. The van der Waals surface area contributed by atoms with Gasteiger partial charge in [-0.05, 0) is 93.3 Å². The van der Waals surface area contributed by atoms with Crippen LogP contribution in [0.2, 0.25) is 0 Å². The number of aliphatic hydroxyl groups excluding tert-OH is 5. The summed E-state index contributed by atoms with van der Waals surface area (Å²) in [6.07, 6.45) is 9.00. The molecule has 12 rings (SSSR count). The Morgan fingerprint density at radius 2 is 1.15 bits per heavy atom. The number of aromatic amines is 2. The largest absolute Gasteiger partial charge is 1.00 e. The highest BCUT2D eigenvalue weighted by molar-refractivity contribution is 5.80. The number of nitrogens with one attached hydrogen (secondary N) is 2. The Hall–Kier alpha value is -8.04. The van der Waals surface area contributed by atoms with Crippen LogP contribution >= 0.6 is 0 Å². The molecule has 4 aliphatic rings. The molecule has 15 N–H and O–H groups in total. The molecule has 0 bridgehead atoms. The van der Waals surface area contributed by atoms with Crippen molar-refractivity contribution in [2.24, 2.45) is 29.6 Å². The molecule has 434 valence electrons. The molecule has 12 atom stereocenters. The third-order valence-electron chi connectivity index (χ3n) is 16.2. The van der Waals surface area contributed by atoms with Crippen LogP contribution in [0.25, 0.3) is 44.5 Å². The average molecular weight is 1120 g/mol. The Balaban J connectivity index is 0.000000149. The molecular formula is C55H75FN19O6-. The molecule has 4 fully saturated rings. The van der Waals surface area contributed by atoms with Crippen LogP contribution in [0.3, 0.4) is 0 Å². The van der Waals surface area contributed by atoms with Crippen molar-refractivity contribution in [3.63, 3.8) is 0 Å². The van der Waals surface area contributed by atoms with Crippen molar-refractivity contribution in [3.8, 4) is 0 Å². The van der Waals surface area contributed by atoms with E-state index in [4.69, 9.17) is 22.9 Å². The monoisotopic (exact) mass is 1120 g/mol. The summed E-state index contributed by atoms with van der Waals surface area (Å²) in [5, 5.41) is 48.1. The average Bonchev–Trinajstić information content (AvgIpc) is 4.32. The lowest BCUT2D eigenvalue weighted by molar-refractivity contribution is -0.0000270. The van der Waals surface area contributed by atoms with Gasteiger partial charge in [0.05, 0.1) is 91.0 Å².